The molecule has 86 valence electrons. The van der Waals surface area contributed by atoms with Gasteiger partial charge in [-0.1, -0.05) is 0 Å². The average molecular weight is 234 g/mol. The van der Waals surface area contributed by atoms with Gasteiger partial charge in [0, 0.05) is 27.4 Å². The molecule has 1 atom stereocenters. The molecule has 0 aliphatic carbocycles. The van der Waals surface area contributed by atoms with Gasteiger partial charge in [0.2, 0.25) is 0 Å². The highest BCUT2D eigenvalue weighted by molar-refractivity contribution is 6.61. The van der Waals surface area contributed by atoms with E-state index in [4.69, 9.17) is 13.3 Å². The molecule has 1 fully saturated rings. The van der Waals surface area contributed by atoms with E-state index in [-0.39, 0.29) is 12.5 Å². The quantitative estimate of drug-likeness (QED) is 0.377. The molecule has 0 aromatic carbocycles. The molecule has 7 heteroatoms. The molecule has 15 heavy (non-hydrogen) atoms. The molecule has 1 aliphatic rings. The van der Waals surface area contributed by atoms with Crippen LogP contribution in [-0.2, 0) is 27.6 Å². The van der Waals surface area contributed by atoms with Crippen LogP contribution in [0, 0.1) is 5.92 Å². The van der Waals surface area contributed by atoms with Gasteiger partial charge < -0.3 is 18.0 Å². The minimum atomic E-state index is -2.81. The molecule has 0 aromatic heterocycles. The fourth-order valence-corrected chi connectivity index (χ4v) is 3.39. The summed E-state index contributed by atoms with van der Waals surface area (Å²) >= 11 is 0. The van der Waals surface area contributed by atoms with Crippen LogP contribution in [0.5, 0.6) is 0 Å². The van der Waals surface area contributed by atoms with Crippen molar-refractivity contribution >= 4 is 20.7 Å². The van der Waals surface area contributed by atoms with Crippen LogP contribution < -0.4 is 0 Å². The van der Waals surface area contributed by atoms with Crippen molar-refractivity contribution in [1.29, 1.82) is 0 Å². The molecule has 0 N–H and O–H groups in total. The van der Waals surface area contributed by atoms with E-state index in [1.54, 1.807) is 0 Å². The summed E-state index contributed by atoms with van der Waals surface area (Å²) in [4.78, 5) is 22.1. The lowest BCUT2D eigenvalue weighted by Gasteiger charge is -2.25. The van der Waals surface area contributed by atoms with Crippen LogP contribution in [0.15, 0.2) is 0 Å². The van der Waals surface area contributed by atoms with Gasteiger partial charge in [0.15, 0.2) is 0 Å². The Labute approximate surface area is 88.8 Å². The van der Waals surface area contributed by atoms with Crippen LogP contribution >= 0.6 is 0 Å². The Hall–Kier alpha value is -0.763. The third-order valence-electron chi connectivity index (χ3n) is 2.39. The van der Waals surface area contributed by atoms with Crippen molar-refractivity contribution in [3.63, 3.8) is 0 Å². The average Bonchev–Trinajstić information content (AvgIpc) is 2.54. The van der Waals surface area contributed by atoms with Crippen molar-refractivity contribution in [3.8, 4) is 0 Å². The summed E-state index contributed by atoms with van der Waals surface area (Å²) in [5.41, 5.74) is 0. The summed E-state index contributed by atoms with van der Waals surface area (Å²) in [6.07, 6.45) is 0.0731. The maximum Gasteiger partial charge on any atom is 0.501 e. The van der Waals surface area contributed by atoms with Crippen LogP contribution in [0.25, 0.3) is 0 Å². The monoisotopic (exact) mass is 234 g/mol. The molecule has 0 amide bonds. The van der Waals surface area contributed by atoms with E-state index < -0.39 is 26.7 Å². The van der Waals surface area contributed by atoms with Crippen LogP contribution in [0.2, 0.25) is 6.04 Å². The lowest BCUT2D eigenvalue weighted by atomic mass is 10.1. The van der Waals surface area contributed by atoms with Gasteiger partial charge >= 0.3 is 20.7 Å². The van der Waals surface area contributed by atoms with E-state index in [0.717, 1.165) is 0 Å². The predicted octanol–water partition coefficient (Wildman–Crippen LogP) is -0.0458. The van der Waals surface area contributed by atoms with E-state index >= 15 is 0 Å². The molecule has 1 aliphatic heterocycles. The Balaban J connectivity index is 2.66. The highest BCUT2D eigenvalue weighted by Crippen LogP contribution is 2.27. The summed E-state index contributed by atoms with van der Waals surface area (Å²) < 4.78 is 19.9. The summed E-state index contributed by atoms with van der Waals surface area (Å²) in [6, 6.07) is 0.265. The molecular formula is C8H14O6Si. The molecule has 1 unspecified atom stereocenters. The molecule has 1 heterocycles. The number of carbonyl (C=O) groups is 2. The first-order valence-electron chi connectivity index (χ1n) is 4.47. The normalized spacial score (nSPS) is 21.9. The zero-order chi connectivity index (χ0) is 11.5. The van der Waals surface area contributed by atoms with Gasteiger partial charge in [0.25, 0.3) is 0 Å². The molecule has 0 bridgehead atoms. The third kappa shape index (κ3) is 2.62. The van der Waals surface area contributed by atoms with Crippen molar-refractivity contribution < 1.29 is 27.6 Å². The molecule has 0 aromatic rings. The lowest BCUT2D eigenvalue weighted by molar-refractivity contribution is -0.153. The van der Waals surface area contributed by atoms with Crippen LogP contribution in [0.3, 0.4) is 0 Å². The summed E-state index contributed by atoms with van der Waals surface area (Å²) in [5, 5.41) is 0. The second kappa shape index (κ2) is 4.84. The Morgan fingerprint density at radius 3 is 2.13 bits per heavy atom. The van der Waals surface area contributed by atoms with Crippen LogP contribution in [0.1, 0.15) is 6.42 Å². The minimum Gasteiger partial charge on any atom is -0.393 e. The fourth-order valence-electron chi connectivity index (χ4n) is 1.48. The number of carbonyl (C=O) groups excluding carboxylic acids is 2. The van der Waals surface area contributed by atoms with Crippen molar-refractivity contribution in [2.45, 2.75) is 12.5 Å². The Morgan fingerprint density at radius 2 is 1.80 bits per heavy atom. The molecule has 1 saturated heterocycles. The van der Waals surface area contributed by atoms with Crippen molar-refractivity contribution in [1.82, 2.24) is 0 Å². The number of ether oxygens (including phenoxy) is 1. The molecule has 6 nitrogen and oxygen atoms in total. The maximum atomic E-state index is 11.2. The second-order valence-electron chi connectivity index (χ2n) is 3.19. The first kappa shape index (κ1) is 12.3. The van der Waals surface area contributed by atoms with Gasteiger partial charge in [0.1, 0.15) is 0 Å². The first-order chi connectivity index (χ1) is 7.06. The van der Waals surface area contributed by atoms with Gasteiger partial charge in [-0.2, -0.15) is 0 Å². The second-order valence-corrected chi connectivity index (χ2v) is 6.19. The maximum absolute atomic E-state index is 11.2. The van der Waals surface area contributed by atoms with Crippen LogP contribution in [0.4, 0.5) is 0 Å². The van der Waals surface area contributed by atoms with E-state index in [1.807, 2.05) is 0 Å². The van der Waals surface area contributed by atoms with Crippen LogP contribution in [-0.4, -0.2) is 42.1 Å². The van der Waals surface area contributed by atoms with Gasteiger partial charge in [-0.25, -0.2) is 0 Å². The minimum absolute atomic E-state index is 0.0731. The largest absolute Gasteiger partial charge is 0.501 e. The lowest BCUT2D eigenvalue weighted by Crippen LogP contribution is -2.45. The Bertz CT molecular complexity index is 254. The first-order valence-corrected chi connectivity index (χ1v) is 6.40. The number of rotatable bonds is 5. The molecular weight excluding hydrogens is 220 g/mol. The van der Waals surface area contributed by atoms with Gasteiger partial charge in [-0.05, 0) is 0 Å². The van der Waals surface area contributed by atoms with Crippen molar-refractivity contribution in [2.75, 3.05) is 21.3 Å². The summed E-state index contributed by atoms with van der Waals surface area (Å²) in [6.45, 7) is 0. The van der Waals surface area contributed by atoms with E-state index in [0.29, 0.717) is 0 Å². The molecule has 1 rings (SSSR count). The van der Waals surface area contributed by atoms with Crippen molar-refractivity contribution in [2.24, 2.45) is 5.92 Å². The van der Waals surface area contributed by atoms with Gasteiger partial charge in [-0.3, -0.25) is 9.59 Å². The smallest absolute Gasteiger partial charge is 0.393 e. The molecule has 0 saturated carbocycles. The topological polar surface area (TPSA) is 71.1 Å². The number of esters is 2. The molecule has 0 spiro atoms. The molecule has 0 radical (unpaired) electrons. The SMILES string of the molecule is CO[Si](CC1CC(=O)OC1=O)(OC)OC. The van der Waals surface area contributed by atoms with E-state index in [9.17, 15) is 9.59 Å². The number of hydrogen-bond donors (Lipinski definition) is 0. The number of hydrogen-bond acceptors (Lipinski definition) is 6. The highest BCUT2D eigenvalue weighted by atomic mass is 28.4. The number of cyclic esters (lactones) is 2. The summed E-state index contributed by atoms with van der Waals surface area (Å²) in [7, 11) is 1.57. The van der Waals surface area contributed by atoms with E-state index in [2.05, 4.69) is 4.74 Å². The Morgan fingerprint density at radius 1 is 1.27 bits per heavy atom. The zero-order valence-corrected chi connectivity index (χ0v) is 9.94. The standard InChI is InChI=1S/C8H14O6Si/c1-11-15(12-2,13-3)5-6-4-7(9)14-8(6)10/h6H,4-5H2,1-3H3. The van der Waals surface area contributed by atoms with Gasteiger partial charge in [-0.15, -0.1) is 0 Å². The predicted molar refractivity (Wildman–Crippen MR) is 50.8 cm³/mol. The Kier molecular flexibility index (Phi) is 3.97. The van der Waals surface area contributed by atoms with Crippen molar-refractivity contribution in [3.05, 3.63) is 0 Å². The third-order valence-corrected chi connectivity index (χ3v) is 5.25. The zero-order valence-electron chi connectivity index (χ0n) is 8.94. The summed E-state index contributed by atoms with van der Waals surface area (Å²) in [5.74, 6) is -1.54. The van der Waals surface area contributed by atoms with E-state index in [1.165, 1.54) is 21.3 Å². The highest BCUT2D eigenvalue weighted by Gasteiger charge is 2.46. The van der Waals surface area contributed by atoms with Gasteiger partial charge in [0.05, 0.1) is 12.3 Å². The fraction of sp³-hybridized carbons (Fsp3) is 0.750.